The van der Waals surface area contributed by atoms with Crippen molar-refractivity contribution in [3.05, 3.63) is 0 Å². The largest absolute Gasteiger partial charge is 0.452 e. The number of carbonyl (C=O) groups is 2. The van der Waals surface area contributed by atoms with Crippen molar-refractivity contribution in [1.82, 2.24) is 0 Å². The first-order valence-electron chi connectivity index (χ1n) is 15.1. The van der Waals surface area contributed by atoms with Crippen molar-refractivity contribution in [2.24, 2.45) is 39.4 Å². The summed E-state index contributed by atoms with van der Waals surface area (Å²) in [5, 5.41) is 10.9. The summed E-state index contributed by atoms with van der Waals surface area (Å²) in [4.78, 5) is 24.4. The van der Waals surface area contributed by atoms with Crippen molar-refractivity contribution in [2.45, 2.75) is 149 Å². The summed E-state index contributed by atoms with van der Waals surface area (Å²) in [6.45, 7) is 19.3. The Labute approximate surface area is 224 Å². The van der Waals surface area contributed by atoms with E-state index >= 15 is 0 Å². The van der Waals surface area contributed by atoms with Crippen LogP contribution in [0.5, 0.6) is 0 Å². The molecule has 0 bridgehead atoms. The van der Waals surface area contributed by atoms with Crippen molar-refractivity contribution in [3.63, 3.8) is 0 Å². The molecule has 5 fully saturated rings. The molecule has 0 amide bonds. The van der Waals surface area contributed by atoms with Crippen LogP contribution in [0.2, 0.25) is 0 Å². The predicted molar refractivity (Wildman–Crippen MR) is 144 cm³/mol. The number of epoxide rings is 1. The van der Waals surface area contributed by atoms with Crippen LogP contribution in [-0.4, -0.2) is 39.8 Å². The van der Waals surface area contributed by atoms with Gasteiger partial charge in [-0.25, -0.2) is 0 Å². The van der Waals surface area contributed by atoms with Gasteiger partial charge in [-0.1, -0.05) is 41.5 Å². The van der Waals surface area contributed by atoms with E-state index < -0.39 is 11.6 Å². The van der Waals surface area contributed by atoms with Crippen molar-refractivity contribution in [2.75, 3.05) is 0 Å². The summed E-state index contributed by atoms with van der Waals surface area (Å²) in [6.07, 6.45) is 9.98. The third-order valence-corrected chi connectivity index (χ3v) is 13.6. The van der Waals surface area contributed by atoms with Gasteiger partial charge in [-0.2, -0.15) is 0 Å². The third-order valence-electron chi connectivity index (χ3n) is 13.6. The highest BCUT2D eigenvalue weighted by atomic mass is 16.6. The zero-order valence-electron chi connectivity index (χ0n) is 25.0. The molecule has 5 nitrogen and oxygen atoms in total. The van der Waals surface area contributed by atoms with Gasteiger partial charge in [0.05, 0.1) is 6.10 Å². The molecule has 5 heteroatoms. The quantitative estimate of drug-likeness (QED) is 0.316. The maximum absolute atomic E-state index is 12.9. The minimum Gasteiger partial charge on any atom is -0.452 e. The normalized spacial score (nSPS) is 48.6. The Morgan fingerprint density at radius 3 is 2.27 bits per heavy atom. The van der Waals surface area contributed by atoms with Crippen LogP contribution in [0.25, 0.3) is 0 Å². The monoisotopic (exact) mass is 516 g/mol. The Hall–Kier alpha value is -0.940. The summed E-state index contributed by atoms with van der Waals surface area (Å²) in [6, 6.07) is 0. The van der Waals surface area contributed by atoms with Crippen LogP contribution in [-0.2, 0) is 19.1 Å². The second kappa shape index (κ2) is 8.05. The highest BCUT2D eigenvalue weighted by molar-refractivity contribution is 5.88. The molecule has 1 saturated heterocycles. The van der Waals surface area contributed by atoms with Crippen LogP contribution in [0.1, 0.15) is 127 Å². The van der Waals surface area contributed by atoms with Gasteiger partial charge >= 0.3 is 5.97 Å². The van der Waals surface area contributed by atoms with Gasteiger partial charge in [-0.15, -0.1) is 0 Å². The average molecular weight is 517 g/mol. The Morgan fingerprint density at radius 2 is 1.62 bits per heavy atom. The molecule has 37 heavy (non-hydrogen) atoms. The number of hydrogen-bond acceptors (Lipinski definition) is 5. The zero-order chi connectivity index (χ0) is 27.4. The Balaban J connectivity index is 1.36. The first-order valence-corrected chi connectivity index (χ1v) is 15.1. The molecule has 5 rings (SSSR count). The third kappa shape index (κ3) is 3.28. The molecule has 2 unspecified atom stereocenters. The van der Waals surface area contributed by atoms with E-state index in [1.807, 2.05) is 0 Å². The number of aliphatic hydroxyl groups excluding tert-OH is 1. The molecular weight excluding hydrogens is 464 g/mol. The van der Waals surface area contributed by atoms with Crippen molar-refractivity contribution >= 4 is 11.8 Å². The molecule has 5 aliphatic rings. The highest BCUT2D eigenvalue weighted by Gasteiger charge is 2.90. The average Bonchev–Trinajstić information content (AvgIpc) is 3.43. The van der Waals surface area contributed by atoms with Crippen molar-refractivity contribution in [3.8, 4) is 0 Å². The van der Waals surface area contributed by atoms with E-state index in [1.165, 1.54) is 26.2 Å². The lowest BCUT2D eigenvalue weighted by atomic mass is 9.38. The van der Waals surface area contributed by atoms with Gasteiger partial charge in [0.25, 0.3) is 0 Å². The van der Waals surface area contributed by atoms with Crippen LogP contribution in [0, 0.1) is 39.4 Å². The molecule has 0 aromatic heterocycles. The van der Waals surface area contributed by atoms with Gasteiger partial charge in [-0.3, -0.25) is 9.59 Å². The number of carbonyl (C=O) groups excluding carboxylic acids is 2. The molecule has 0 aromatic carbocycles. The maximum Gasteiger partial charge on any atom is 0.303 e. The number of fused-ring (bicyclic) bond motifs is 2. The van der Waals surface area contributed by atoms with E-state index in [0.717, 1.165) is 38.5 Å². The smallest absolute Gasteiger partial charge is 0.303 e. The molecule has 0 aromatic rings. The number of aliphatic hydroxyl groups is 1. The summed E-state index contributed by atoms with van der Waals surface area (Å²) >= 11 is 0. The minimum absolute atomic E-state index is 0.0144. The fraction of sp³-hybridized carbons (Fsp3) is 0.938. The van der Waals surface area contributed by atoms with Gasteiger partial charge in [0.2, 0.25) is 0 Å². The number of ketones is 1. The molecule has 4 aliphatic carbocycles. The Bertz CT molecular complexity index is 986. The number of Topliss-reactive ketones (excluding diaryl/α,β-unsaturated/α-hetero) is 1. The van der Waals surface area contributed by atoms with E-state index in [9.17, 15) is 14.7 Å². The number of esters is 1. The molecule has 1 heterocycles. The molecule has 0 spiro atoms. The molecular formula is C32H52O5. The molecule has 1 N–H and O–H groups in total. The van der Waals surface area contributed by atoms with Gasteiger partial charge < -0.3 is 14.6 Å². The van der Waals surface area contributed by atoms with Crippen LogP contribution in [0.4, 0.5) is 0 Å². The predicted octanol–water partition coefficient (Wildman–Crippen LogP) is 6.63. The molecule has 4 saturated carbocycles. The van der Waals surface area contributed by atoms with Gasteiger partial charge in [0.1, 0.15) is 11.2 Å². The fourth-order valence-corrected chi connectivity index (χ4v) is 11.2. The van der Waals surface area contributed by atoms with Gasteiger partial charge in [0, 0.05) is 24.2 Å². The summed E-state index contributed by atoms with van der Waals surface area (Å²) in [7, 11) is 0. The SMILES string of the molecule is CC(=O)OC(C)(C)C(=O)CC[C@@H](C)[C@H]1CC[C@@]2(C)C34CC[C@H]5C(C)(C)[C@@H](O)CC[C@]5(C)C3(CC[C@]12C)O4. The van der Waals surface area contributed by atoms with Gasteiger partial charge in [-0.05, 0) is 100 Å². The molecule has 9 atom stereocenters. The van der Waals surface area contributed by atoms with Crippen molar-refractivity contribution in [1.29, 1.82) is 0 Å². The standard InChI is InChI=1S/C32H52O5/c1-20(10-11-25(35)27(5,6)36-21(2)33)22-12-16-30(9)28(22,7)18-19-31-29(8)15-14-24(34)26(3,4)23(29)13-17-32(30,31)37-31/h20,22-24,34H,10-19H2,1-9H3/t20-,22-,23+,24+,28-,29+,30-,31?,32?/m1/s1. The van der Waals surface area contributed by atoms with Crippen LogP contribution in [0.3, 0.4) is 0 Å². The van der Waals surface area contributed by atoms with Gasteiger partial charge in [0.15, 0.2) is 11.4 Å². The molecule has 0 radical (unpaired) electrons. The van der Waals surface area contributed by atoms with E-state index in [2.05, 4.69) is 41.5 Å². The summed E-state index contributed by atoms with van der Waals surface area (Å²) in [5.41, 5.74) is -0.771. The number of rotatable bonds is 6. The minimum atomic E-state index is -1.06. The van der Waals surface area contributed by atoms with E-state index in [4.69, 9.17) is 9.47 Å². The Kier molecular flexibility index (Phi) is 6.01. The van der Waals surface area contributed by atoms with E-state index in [-0.39, 0.29) is 44.7 Å². The Morgan fingerprint density at radius 1 is 0.946 bits per heavy atom. The van der Waals surface area contributed by atoms with Crippen LogP contribution < -0.4 is 0 Å². The first kappa shape index (κ1) is 27.6. The molecule has 210 valence electrons. The zero-order valence-corrected chi connectivity index (χ0v) is 25.0. The summed E-state index contributed by atoms with van der Waals surface area (Å²) < 4.78 is 12.5. The number of ether oxygens (including phenoxy) is 2. The summed E-state index contributed by atoms with van der Waals surface area (Å²) in [5.74, 6) is 1.10. The van der Waals surface area contributed by atoms with Crippen LogP contribution in [0.15, 0.2) is 0 Å². The van der Waals surface area contributed by atoms with Crippen molar-refractivity contribution < 1.29 is 24.2 Å². The van der Waals surface area contributed by atoms with Crippen LogP contribution >= 0.6 is 0 Å². The highest BCUT2D eigenvalue weighted by Crippen LogP contribution is 2.86. The first-order chi connectivity index (χ1) is 16.9. The fourth-order valence-electron chi connectivity index (χ4n) is 11.2. The number of hydrogen-bond donors (Lipinski definition) is 1. The molecule has 1 aliphatic heterocycles. The topological polar surface area (TPSA) is 76.1 Å². The lowest BCUT2D eigenvalue weighted by Gasteiger charge is -2.64. The van der Waals surface area contributed by atoms with E-state index in [1.54, 1.807) is 13.8 Å². The maximum atomic E-state index is 12.9. The lowest BCUT2D eigenvalue weighted by Crippen LogP contribution is -2.66. The second-order valence-corrected chi connectivity index (χ2v) is 15.6. The lowest BCUT2D eigenvalue weighted by molar-refractivity contribution is -0.162. The van der Waals surface area contributed by atoms with E-state index in [0.29, 0.717) is 24.2 Å². The second-order valence-electron chi connectivity index (χ2n) is 15.6.